The van der Waals surface area contributed by atoms with Crippen LogP contribution in [0.4, 0.5) is 15.3 Å². The molecule has 1 aliphatic rings. The number of carbonyl (C=O) groups excluding carboxylic acids is 1. The maximum atomic E-state index is 13.5. The van der Waals surface area contributed by atoms with E-state index in [9.17, 15) is 14.4 Å². The number of carbonyl (C=O) groups is 1. The summed E-state index contributed by atoms with van der Waals surface area (Å²) in [4.78, 5) is 36.8. The molecule has 0 amide bonds. The van der Waals surface area contributed by atoms with E-state index in [-0.39, 0.29) is 24.4 Å². The van der Waals surface area contributed by atoms with E-state index in [1.165, 1.54) is 23.5 Å². The maximum absolute atomic E-state index is 13.5. The highest BCUT2D eigenvalue weighted by Gasteiger charge is 2.52. The number of halogens is 1. The molecule has 9 nitrogen and oxygen atoms in total. The zero-order valence-corrected chi connectivity index (χ0v) is 23.8. The molecular formula is C31H25FN8OS. The number of ketones is 1. The summed E-state index contributed by atoms with van der Waals surface area (Å²) >= 11 is 1.26. The zero-order valence-electron chi connectivity index (χ0n) is 23.0. The fourth-order valence-corrected chi connectivity index (χ4v) is 5.79. The summed E-state index contributed by atoms with van der Waals surface area (Å²) in [5.74, 6) is 0.891. The van der Waals surface area contributed by atoms with Crippen molar-refractivity contribution in [3.8, 4) is 28.5 Å². The van der Waals surface area contributed by atoms with Gasteiger partial charge in [0.2, 0.25) is 5.54 Å². The lowest BCUT2D eigenvalue weighted by Crippen LogP contribution is -2.14. The number of Topliss-reactive ketones (excluding diaryl/α,β-unsaturated/α-hetero) is 1. The first kappa shape index (κ1) is 27.2. The first-order valence-electron chi connectivity index (χ1n) is 13.5. The van der Waals surface area contributed by atoms with Crippen molar-refractivity contribution < 1.29 is 9.18 Å². The molecule has 0 aliphatic heterocycles. The van der Waals surface area contributed by atoms with Gasteiger partial charge in [0, 0.05) is 55.2 Å². The third-order valence-electron chi connectivity index (χ3n) is 7.42. The number of fused-ring (bicyclic) bond motifs is 1. The van der Waals surface area contributed by atoms with Crippen LogP contribution in [0.25, 0.3) is 32.9 Å². The van der Waals surface area contributed by atoms with Gasteiger partial charge in [-0.15, -0.1) is 0 Å². The number of hydrogen-bond acceptors (Lipinski definition) is 8. The third-order valence-corrected chi connectivity index (χ3v) is 8.46. The summed E-state index contributed by atoms with van der Waals surface area (Å²) in [6.07, 6.45) is 7.99. The minimum atomic E-state index is -0.489. The van der Waals surface area contributed by atoms with Crippen molar-refractivity contribution in [2.75, 3.05) is 11.9 Å². The Morgan fingerprint density at radius 2 is 1.86 bits per heavy atom. The maximum Gasteiger partial charge on any atom is 0.240 e. The molecule has 0 atom stereocenters. The van der Waals surface area contributed by atoms with Crippen LogP contribution in [0.15, 0.2) is 55.0 Å². The van der Waals surface area contributed by atoms with Crippen molar-refractivity contribution in [3.05, 3.63) is 88.6 Å². The van der Waals surface area contributed by atoms with Crippen molar-refractivity contribution in [1.29, 1.82) is 5.26 Å². The second kappa shape index (κ2) is 10.8. The number of rotatable bonds is 9. The second-order valence-electron chi connectivity index (χ2n) is 10.3. The summed E-state index contributed by atoms with van der Waals surface area (Å²) in [6.45, 7) is 9.32. The Morgan fingerprint density at radius 3 is 2.50 bits per heavy atom. The summed E-state index contributed by atoms with van der Waals surface area (Å²) in [6, 6.07) is 12.0. The SMILES string of the molecule is [C-]#[N+]C1(CC(=O)Cc2ncc(-c3ccc4nc(CC)c(N(C)c5nc(-c6ccc(F)cc6)c(C#N)s5)n4c3)cn2)CC1. The number of aromatic nitrogens is 5. The van der Waals surface area contributed by atoms with E-state index in [1.807, 2.05) is 41.6 Å². The first-order chi connectivity index (χ1) is 20.3. The fraction of sp³-hybridized carbons (Fsp3) is 0.258. The average molecular weight is 577 g/mol. The van der Waals surface area contributed by atoms with Gasteiger partial charge in [0.05, 0.1) is 18.5 Å². The van der Waals surface area contributed by atoms with Gasteiger partial charge < -0.3 is 9.74 Å². The van der Waals surface area contributed by atoms with E-state index in [4.69, 9.17) is 16.5 Å². The summed E-state index contributed by atoms with van der Waals surface area (Å²) in [5.41, 5.74) is 3.96. The van der Waals surface area contributed by atoms with Crippen molar-refractivity contribution in [2.24, 2.45) is 0 Å². The number of pyridine rings is 1. The van der Waals surface area contributed by atoms with Crippen LogP contribution >= 0.6 is 11.3 Å². The monoisotopic (exact) mass is 576 g/mol. The Morgan fingerprint density at radius 1 is 1.14 bits per heavy atom. The molecule has 0 unspecified atom stereocenters. The van der Waals surface area contributed by atoms with E-state index in [0.717, 1.165) is 41.1 Å². The lowest BCUT2D eigenvalue weighted by molar-refractivity contribution is -0.118. The minimum absolute atomic E-state index is 0.0137. The van der Waals surface area contributed by atoms with Crippen LogP contribution in [-0.2, 0) is 17.6 Å². The van der Waals surface area contributed by atoms with Gasteiger partial charge in [-0.2, -0.15) is 5.26 Å². The number of thiazole rings is 1. The van der Waals surface area contributed by atoms with Gasteiger partial charge >= 0.3 is 0 Å². The molecular weight excluding hydrogens is 551 g/mol. The van der Waals surface area contributed by atoms with Crippen molar-refractivity contribution in [1.82, 2.24) is 24.3 Å². The van der Waals surface area contributed by atoms with Crippen LogP contribution in [-0.4, -0.2) is 42.7 Å². The predicted molar refractivity (Wildman–Crippen MR) is 158 cm³/mol. The molecule has 4 aromatic heterocycles. The molecule has 4 heterocycles. The van der Waals surface area contributed by atoms with Crippen molar-refractivity contribution in [3.63, 3.8) is 0 Å². The Hall–Kier alpha value is -5.00. The highest BCUT2D eigenvalue weighted by Crippen LogP contribution is 2.43. The number of imidazole rings is 1. The van der Waals surface area contributed by atoms with E-state index >= 15 is 0 Å². The number of nitriles is 1. The second-order valence-corrected chi connectivity index (χ2v) is 11.3. The molecule has 208 valence electrons. The number of aryl methyl sites for hydroxylation is 1. The van der Waals surface area contributed by atoms with Crippen molar-refractivity contribution in [2.45, 2.75) is 44.6 Å². The highest BCUT2D eigenvalue weighted by molar-refractivity contribution is 7.16. The molecule has 0 N–H and O–H groups in total. The molecule has 0 radical (unpaired) electrons. The van der Waals surface area contributed by atoms with Crippen LogP contribution in [0, 0.1) is 23.7 Å². The number of hydrogen-bond donors (Lipinski definition) is 0. The van der Waals surface area contributed by atoms with Crippen LogP contribution in [0.3, 0.4) is 0 Å². The van der Waals surface area contributed by atoms with Gasteiger partial charge in [-0.25, -0.2) is 30.9 Å². The Labute approximate surface area is 245 Å². The standard InChI is InChI=1S/C31H25FN8OS/c1-4-24-29(39(3)30-38-28(25(15-33)42-30)19-5-8-22(32)9-6-19)40-18-20(7-10-27(40)37-24)21-16-35-26(36-17-21)13-23(41)14-31(34-2)11-12-31/h5-10,16-18H,4,11-14H2,1,3H3. The third kappa shape index (κ3) is 5.11. The normalized spacial score (nSPS) is 13.5. The van der Waals surface area contributed by atoms with Gasteiger partial charge in [0.15, 0.2) is 5.13 Å². The molecule has 11 heteroatoms. The molecule has 0 saturated heterocycles. The summed E-state index contributed by atoms with van der Waals surface area (Å²) in [5, 5.41) is 10.4. The van der Waals surface area contributed by atoms with Gasteiger partial charge in [-0.3, -0.25) is 9.20 Å². The van der Waals surface area contributed by atoms with Gasteiger partial charge in [0.25, 0.3) is 0 Å². The molecule has 1 fully saturated rings. The predicted octanol–water partition coefficient (Wildman–Crippen LogP) is 6.21. The topological polar surface area (TPSA) is 104 Å². The van der Waals surface area contributed by atoms with Gasteiger partial charge in [-0.05, 0) is 42.8 Å². The van der Waals surface area contributed by atoms with Crippen LogP contribution in [0.1, 0.15) is 42.6 Å². The average Bonchev–Trinajstić information content (AvgIpc) is 3.47. The molecule has 42 heavy (non-hydrogen) atoms. The fourth-order valence-electron chi connectivity index (χ4n) is 4.94. The minimum Gasteiger partial charge on any atom is -0.310 e. The van der Waals surface area contributed by atoms with E-state index in [0.29, 0.717) is 33.5 Å². The Balaban J connectivity index is 1.30. The van der Waals surface area contributed by atoms with Crippen LogP contribution in [0.5, 0.6) is 0 Å². The van der Waals surface area contributed by atoms with Gasteiger partial charge in [-0.1, -0.05) is 18.3 Å². The Kier molecular flexibility index (Phi) is 6.97. The van der Waals surface area contributed by atoms with Crippen LogP contribution in [0.2, 0.25) is 0 Å². The molecule has 5 aromatic rings. The largest absolute Gasteiger partial charge is 0.310 e. The molecule has 0 bridgehead atoms. The first-order valence-corrected chi connectivity index (χ1v) is 14.3. The molecule has 1 aliphatic carbocycles. The number of benzene rings is 1. The summed E-state index contributed by atoms with van der Waals surface area (Å²) in [7, 11) is 1.89. The summed E-state index contributed by atoms with van der Waals surface area (Å²) < 4.78 is 15.5. The van der Waals surface area contributed by atoms with Gasteiger partial charge in [0.1, 0.15) is 45.5 Å². The number of anilines is 2. The highest BCUT2D eigenvalue weighted by atomic mass is 32.1. The quantitative estimate of drug-likeness (QED) is 0.192. The van der Waals surface area contributed by atoms with E-state index in [1.54, 1.807) is 24.5 Å². The van der Waals surface area contributed by atoms with Crippen molar-refractivity contribution >= 4 is 33.7 Å². The molecule has 1 aromatic carbocycles. The zero-order chi connectivity index (χ0) is 29.4. The lowest BCUT2D eigenvalue weighted by Gasteiger charge is -2.17. The molecule has 6 rings (SSSR count). The van der Waals surface area contributed by atoms with E-state index < -0.39 is 5.54 Å². The van der Waals surface area contributed by atoms with E-state index in [2.05, 4.69) is 20.9 Å². The lowest BCUT2D eigenvalue weighted by atomic mass is 10.1. The smallest absolute Gasteiger partial charge is 0.240 e. The number of nitrogens with zero attached hydrogens (tertiary/aromatic N) is 8. The molecule has 1 saturated carbocycles. The molecule has 0 spiro atoms. The Bertz CT molecular complexity index is 1890. The van der Waals surface area contributed by atoms with Crippen LogP contribution < -0.4 is 4.90 Å².